The van der Waals surface area contributed by atoms with Gasteiger partial charge in [-0.2, -0.15) is 0 Å². The molecule has 6 heteroatoms. The van der Waals surface area contributed by atoms with E-state index in [1.54, 1.807) is 37.4 Å². The van der Waals surface area contributed by atoms with Crippen LogP contribution in [-0.4, -0.2) is 50.0 Å². The normalized spacial score (nSPS) is 13.5. The second-order valence-electron chi connectivity index (χ2n) is 4.26. The van der Waals surface area contributed by atoms with Crippen LogP contribution in [0, 0.1) is 0 Å². The maximum absolute atomic E-state index is 11.3. The Morgan fingerprint density at radius 3 is 2.33 bits per heavy atom. The molecule has 0 aromatic heterocycles. The van der Waals surface area contributed by atoms with Gasteiger partial charge in [-0.05, 0) is 12.6 Å². The van der Waals surface area contributed by atoms with Crippen LogP contribution in [0.4, 0.5) is 0 Å². The first kappa shape index (κ1) is 14.7. The summed E-state index contributed by atoms with van der Waals surface area (Å²) in [5.41, 5.74) is 0.640. The van der Waals surface area contributed by atoms with Crippen LogP contribution in [0.1, 0.15) is 11.6 Å². The standard InChI is InChI=1S/C12H17NO4S/c1-13(8-9-18(2,16)17)11(12(14)15)10-6-4-3-5-7-10/h3-7,11H,8-9H2,1-2H3,(H,14,15). The van der Waals surface area contributed by atoms with Crippen LogP contribution in [0.15, 0.2) is 30.3 Å². The lowest BCUT2D eigenvalue weighted by molar-refractivity contribution is -0.143. The molecule has 0 saturated heterocycles. The highest BCUT2D eigenvalue weighted by Gasteiger charge is 2.24. The van der Waals surface area contributed by atoms with Crippen LogP contribution < -0.4 is 0 Å². The molecular weight excluding hydrogens is 254 g/mol. The topological polar surface area (TPSA) is 74.7 Å². The number of likely N-dealkylation sites (N-methyl/N-ethyl adjacent to an activating group) is 1. The van der Waals surface area contributed by atoms with Crippen molar-refractivity contribution >= 4 is 15.8 Å². The average molecular weight is 271 g/mol. The average Bonchev–Trinajstić information content (AvgIpc) is 2.26. The molecule has 0 heterocycles. The van der Waals surface area contributed by atoms with Crippen molar-refractivity contribution in [3.8, 4) is 0 Å². The monoisotopic (exact) mass is 271 g/mol. The summed E-state index contributed by atoms with van der Waals surface area (Å²) in [4.78, 5) is 12.8. The molecule has 1 rings (SSSR count). The molecule has 1 aromatic rings. The number of carboxylic acids is 1. The summed E-state index contributed by atoms with van der Waals surface area (Å²) >= 11 is 0. The summed E-state index contributed by atoms with van der Waals surface area (Å²) < 4.78 is 22.2. The number of aliphatic carboxylic acids is 1. The van der Waals surface area contributed by atoms with Gasteiger partial charge in [0.1, 0.15) is 15.9 Å². The summed E-state index contributed by atoms with van der Waals surface area (Å²) in [6.45, 7) is 0.185. The third kappa shape index (κ3) is 4.46. The second kappa shape index (κ2) is 5.97. The number of sulfone groups is 1. The van der Waals surface area contributed by atoms with E-state index in [4.69, 9.17) is 0 Å². The SMILES string of the molecule is CN(CCS(C)(=O)=O)C(C(=O)O)c1ccccc1. The third-order valence-electron chi connectivity index (χ3n) is 2.60. The summed E-state index contributed by atoms with van der Waals surface area (Å²) in [6.07, 6.45) is 1.14. The van der Waals surface area contributed by atoms with Crippen LogP contribution in [0.3, 0.4) is 0 Å². The Labute approximate surface area is 107 Å². The Bertz CT molecular complexity index is 498. The van der Waals surface area contributed by atoms with Crippen molar-refractivity contribution in [1.82, 2.24) is 4.90 Å². The minimum atomic E-state index is -3.10. The van der Waals surface area contributed by atoms with Gasteiger partial charge in [-0.1, -0.05) is 30.3 Å². The molecular formula is C12H17NO4S. The molecule has 5 nitrogen and oxygen atoms in total. The minimum absolute atomic E-state index is 0.0554. The summed E-state index contributed by atoms with van der Waals surface area (Å²) in [7, 11) is -1.49. The minimum Gasteiger partial charge on any atom is -0.480 e. The largest absolute Gasteiger partial charge is 0.480 e. The van der Waals surface area contributed by atoms with Gasteiger partial charge in [0.2, 0.25) is 0 Å². The molecule has 0 aliphatic carbocycles. The first-order valence-corrected chi connectivity index (χ1v) is 7.53. The van der Waals surface area contributed by atoms with Gasteiger partial charge in [0.25, 0.3) is 0 Å². The van der Waals surface area contributed by atoms with Crippen molar-refractivity contribution in [3.05, 3.63) is 35.9 Å². The predicted molar refractivity (Wildman–Crippen MR) is 69.2 cm³/mol. The molecule has 1 aromatic carbocycles. The number of carbonyl (C=O) groups is 1. The fraction of sp³-hybridized carbons (Fsp3) is 0.417. The Morgan fingerprint density at radius 2 is 1.89 bits per heavy atom. The van der Waals surface area contributed by atoms with Crippen LogP contribution >= 0.6 is 0 Å². The first-order valence-electron chi connectivity index (χ1n) is 5.47. The molecule has 0 bridgehead atoms. The number of benzene rings is 1. The summed E-state index contributed by atoms with van der Waals surface area (Å²) in [5, 5.41) is 9.24. The van der Waals surface area contributed by atoms with Crippen molar-refractivity contribution in [2.45, 2.75) is 6.04 Å². The zero-order chi connectivity index (χ0) is 13.8. The second-order valence-corrected chi connectivity index (χ2v) is 6.52. The van der Waals surface area contributed by atoms with Crippen molar-refractivity contribution in [2.24, 2.45) is 0 Å². The molecule has 0 saturated carbocycles. The van der Waals surface area contributed by atoms with Crippen molar-refractivity contribution in [1.29, 1.82) is 0 Å². The zero-order valence-electron chi connectivity index (χ0n) is 10.4. The van der Waals surface area contributed by atoms with Gasteiger partial charge in [-0.25, -0.2) is 8.42 Å². The van der Waals surface area contributed by atoms with E-state index in [0.717, 1.165) is 6.26 Å². The van der Waals surface area contributed by atoms with Crippen LogP contribution in [-0.2, 0) is 14.6 Å². The molecule has 0 aliphatic rings. The Balaban J connectivity index is 2.83. The maximum Gasteiger partial charge on any atom is 0.325 e. The van der Waals surface area contributed by atoms with Gasteiger partial charge in [0.05, 0.1) is 5.75 Å². The number of rotatable bonds is 6. The summed E-state index contributed by atoms with van der Waals surface area (Å²) in [5.74, 6) is -1.04. The number of hydrogen-bond donors (Lipinski definition) is 1. The van der Waals surface area contributed by atoms with Gasteiger partial charge >= 0.3 is 5.97 Å². The first-order chi connectivity index (χ1) is 8.31. The van der Waals surface area contributed by atoms with Gasteiger partial charge in [0, 0.05) is 12.8 Å². The maximum atomic E-state index is 11.3. The Morgan fingerprint density at radius 1 is 1.33 bits per heavy atom. The smallest absolute Gasteiger partial charge is 0.325 e. The molecule has 1 atom stereocenters. The Kier molecular flexibility index (Phi) is 4.86. The lowest BCUT2D eigenvalue weighted by Gasteiger charge is -2.24. The molecule has 0 spiro atoms. The number of carboxylic acid groups (broad SMARTS) is 1. The lowest BCUT2D eigenvalue weighted by atomic mass is 10.1. The van der Waals surface area contributed by atoms with E-state index >= 15 is 0 Å². The quantitative estimate of drug-likeness (QED) is 0.828. The third-order valence-corrected chi connectivity index (χ3v) is 3.53. The number of nitrogens with zero attached hydrogens (tertiary/aromatic N) is 1. The highest BCUT2D eigenvalue weighted by atomic mass is 32.2. The van der Waals surface area contributed by atoms with Crippen LogP contribution in [0.25, 0.3) is 0 Å². The molecule has 1 unspecified atom stereocenters. The zero-order valence-corrected chi connectivity index (χ0v) is 11.2. The molecule has 0 aliphatic heterocycles. The summed E-state index contributed by atoms with van der Waals surface area (Å²) in [6, 6.07) is 7.93. The van der Waals surface area contributed by atoms with Crippen LogP contribution in [0.5, 0.6) is 0 Å². The molecule has 0 fully saturated rings. The van der Waals surface area contributed by atoms with E-state index in [2.05, 4.69) is 0 Å². The molecule has 0 radical (unpaired) electrons. The molecule has 18 heavy (non-hydrogen) atoms. The predicted octanol–water partition coefficient (Wildman–Crippen LogP) is 0.789. The fourth-order valence-corrected chi connectivity index (χ4v) is 2.28. The van der Waals surface area contributed by atoms with Crippen molar-refractivity contribution in [3.63, 3.8) is 0 Å². The van der Waals surface area contributed by atoms with E-state index in [1.807, 2.05) is 0 Å². The van der Waals surface area contributed by atoms with Crippen molar-refractivity contribution < 1.29 is 18.3 Å². The molecule has 100 valence electrons. The van der Waals surface area contributed by atoms with E-state index < -0.39 is 21.8 Å². The van der Waals surface area contributed by atoms with Gasteiger partial charge in [-0.15, -0.1) is 0 Å². The highest BCUT2D eigenvalue weighted by Crippen LogP contribution is 2.19. The van der Waals surface area contributed by atoms with Crippen LogP contribution in [0.2, 0.25) is 0 Å². The Hall–Kier alpha value is -1.40. The highest BCUT2D eigenvalue weighted by molar-refractivity contribution is 7.90. The van der Waals surface area contributed by atoms with Crippen molar-refractivity contribution in [2.75, 3.05) is 25.6 Å². The van der Waals surface area contributed by atoms with E-state index in [9.17, 15) is 18.3 Å². The lowest BCUT2D eigenvalue weighted by Crippen LogP contribution is -2.34. The van der Waals surface area contributed by atoms with Gasteiger partial charge in [-0.3, -0.25) is 9.69 Å². The van der Waals surface area contributed by atoms with E-state index in [0.29, 0.717) is 5.56 Å². The number of hydrogen-bond acceptors (Lipinski definition) is 4. The van der Waals surface area contributed by atoms with E-state index in [-0.39, 0.29) is 12.3 Å². The molecule has 1 N–H and O–H groups in total. The van der Waals surface area contributed by atoms with E-state index in [1.165, 1.54) is 4.90 Å². The van der Waals surface area contributed by atoms with Gasteiger partial charge < -0.3 is 5.11 Å². The molecule has 0 amide bonds. The van der Waals surface area contributed by atoms with Gasteiger partial charge in [0.15, 0.2) is 0 Å². The fourth-order valence-electron chi connectivity index (χ4n) is 1.66.